The van der Waals surface area contributed by atoms with E-state index >= 15 is 0 Å². The fraction of sp³-hybridized carbons (Fsp3) is 0.400. The number of nitrogens with one attached hydrogen (secondary N) is 1. The molecule has 1 atom stereocenters. The highest BCUT2D eigenvalue weighted by Crippen LogP contribution is 2.28. The highest BCUT2D eigenvalue weighted by atomic mass is 79.9. The quantitative estimate of drug-likeness (QED) is 0.290. The summed E-state index contributed by atoms with van der Waals surface area (Å²) in [5.74, 6) is -2.16. The fourth-order valence-corrected chi connectivity index (χ4v) is 4.89. The van der Waals surface area contributed by atoms with E-state index in [9.17, 15) is 23.0 Å². The van der Waals surface area contributed by atoms with E-state index in [0.717, 1.165) is 22.4 Å². The van der Waals surface area contributed by atoms with Crippen molar-refractivity contribution in [3.8, 4) is 17.2 Å². The van der Waals surface area contributed by atoms with Crippen molar-refractivity contribution in [3.05, 3.63) is 39.0 Å². The number of ether oxygens (including phenoxy) is 1. The number of carbonyl (C=O) groups is 2. The summed E-state index contributed by atoms with van der Waals surface area (Å²) in [7, 11) is -3.14. The molecular weight excluding hydrogens is 599 g/mol. The molecule has 1 aromatic carbocycles. The van der Waals surface area contributed by atoms with Crippen molar-refractivity contribution in [2.75, 3.05) is 24.3 Å². The van der Waals surface area contributed by atoms with Gasteiger partial charge in [0.1, 0.15) is 17.2 Å². The number of rotatable bonds is 8. The van der Waals surface area contributed by atoms with Crippen LogP contribution in [0.2, 0.25) is 0 Å². The van der Waals surface area contributed by atoms with Crippen LogP contribution >= 0.6 is 27.7 Å². The lowest BCUT2D eigenvalue weighted by Gasteiger charge is -2.17. The molecule has 37 heavy (non-hydrogen) atoms. The maximum atomic E-state index is 13.6. The van der Waals surface area contributed by atoms with E-state index in [1.807, 2.05) is 0 Å². The van der Waals surface area contributed by atoms with Crippen LogP contribution in [0.1, 0.15) is 20.8 Å². The van der Waals surface area contributed by atoms with E-state index in [4.69, 9.17) is 13.9 Å². The smallest absolute Gasteiger partial charge is 0.442 e. The summed E-state index contributed by atoms with van der Waals surface area (Å²) in [6, 6.07) is 3.89. The molecule has 3 aromatic rings. The van der Waals surface area contributed by atoms with Gasteiger partial charge in [-0.05, 0) is 65.2 Å². The molecular formula is C20H22BrFN6O7S2. The Morgan fingerprint density at radius 2 is 2.03 bits per heavy atom. The highest BCUT2D eigenvalue weighted by molar-refractivity contribution is 9.10. The molecule has 200 valence electrons. The van der Waals surface area contributed by atoms with Gasteiger partial charge in [0.25, 0.3) is 0 Å². The molecule has 13 nitrogen and oxygen atoms in total. The van der Waals surface area contributed by atoms with Gasteiger partial charge in [-0.1, -0.05) is 16.9 Å². The van der Waals surface area contributed by atoms with Gasteiger partial charge in [0.15, 0.2) is 10.7 Å². The summed E-state index contributed by atoms with van der Waals surface area (Å²) in [6.45, 7) is 5.05. The van der Waals surface area contributed by atoms with Crippen LogP contribution in [0.25, 0.3) is 17.2 Å². The van der Waals surface area contributed by atoms with Gasteiger partial charge >= 0.3 is 11.8 Å². The first-order valence-electron chi connectivity index (χ1n) is 10.4. The fourth-order valence-electron chi connectivity index (χ4n) is 2.77. The lowest BCUT2D eigenvalue weighted by molar-refractivity contribution is -0.118. The number of halogens is 2. The van der Waals surface area contributed by atoms with Crippen molar-refractivity contribution < 1.29 is 32.1 Å². The normalized spacial score (nSPS) is 13.1. The Balaban J connectivity index is 1.62. The third-order valence-electron chi connectivity index (χ3n) is 4.16. The number of carbonyl (C=O) groups excluding carboxylic acids is 2. The van der Waals surface area contributed by atoms with Crippen molar-refractivity contribution in [2.24, 2.45) is 4.36 Å². The molecule has 0 radical (unpaired) electrons. The SMILES string of the molecule is CC(C)(C)OC(=O)N=S(C)(=O)CC(=O)NCCSc1nonc1-c1noc(=O)n1-c1ccc(F)c(Br)c1. The lowest BCUT2D eigenvalue weighted by Crippen LogP contribution is -2.32. The van der Waals surface area contributed by atoms with Gasteiger partial charge < -0.3 is 10.1 Å². The van der Waals surface area contributed by atoms with E-state index in [1.54, 1.807) is 20.8 Å². The molecule has 0 aliphatic heterocycles. The predicted octanol–water partition coefficient (Wildman–Crippen LogP) is 3.02. The van der Waals surface area contributed by atoms with Crippen molar-refractivity contribution in [2.45, 2.75) is 31.4 Å². The van der Waals surface area contributed by atoms with Crippen molar-refractivity contribution in [3.63, 3.8) is 0 Å². The highest BCUT2D eigenvalue weighted by Gasteiger charge is 2.24. The predicted molar refractivity (Wildman–Crippen MR) is 134 cm³/mol. The molecule has 2 amide bonds. The van der Waals surface area contributed by atoms with Crippen LogP contribution in [0, 0.1) is 5.82 Å². The van der Waals surface area contributed by atoms with E-state index in [0.29, 0.717) is 0 Å². The number of thioether (sulfide) groups is 1. The summed E-state index contributed by atoms with van der Waals surface area (Å²) in [6.07, 6.45) is 0.184. The summed E-state index contributed by atoms with van der Waals surface area (Å²) < 4.78 is 45.3. The zero-order chi connectivity index (χ0) is 27.4. The molecule has 0 aliphatic rings. The van der Waals surface area contributed by atoms with Crippen LogP contribution in [0.15, 0.2) is 46.0 Å². The number of nitrogens with zero attached hydrogens (tertiary/aromatic N) is 5. The summed E-state index contributed by atoms with van der Waals surface area (Å²) in [5.41, 5.74) is -0.447. The molecule has 0 saturated carbocycles. The molecule has 2 heterocycles. The standard InChI is InChI=1S/C20H22BrFN6O7S2/c1-20(2,3)33-18(30)27-37(4,32)10-14(29)23-7-8-36-17-15(24-35-26-17)16-25-34-19(31)28(16)11-5-6-13(22)12(21)9-11/h5-6,9H,7-8,10H2,1-4H3,(H,23,29). The Kier molecular flexibility index (Phi) is 8.91. The molecule has 0 fully saturated rings. The molecule has 0 saturated heterocycles. The Labute approximate surface area is 222 Å². The van der Waals surface area contributed by atoms with E-state index < -0.39 is 44.7 Å². The first-order chi connectivity index (χ1) is 17.3. The van der Waals surface area contributed by atoms with Gasteiger partial charge in [0.05, 0.1) is 19.9 Å². The molecule has 0 aliphatic carbocycles. The van der Waals surface area contributed by atoms with Gasteiger partial charge in [0, 0.05) is 18.6 Å². The number of hydrogen-bond donors (Lipinski definition) is 1. The maximum absolute atomic E-state index is 13.6. The Morgan fingerprint density at radius 3 is 2.70 bits per heavy atom. The summed E-state index contributed by atoms with van der Waals surface area (Å²) in [4.78, 5) is 36.2. The van der Waals surface area contributed by atoms with Crippen molar-refractivity contribution in [1.82, 2.24) is 25.4 Å². The lowest BCUT2D eigenvalue weighted by atomic mass is 10.2. The van der Waals surface area contributed by atoms with E-state index in [1.165, 1.54) is 18.4 Å². The number of aromatic nitrogens is 4. The second kappa shape index (κ2) is 11.6. The minimum atomic E-state index is -3.14. The van der Waals surface area contributed by atoms with E-state index in [2.05, 4.69) is 41.1 Å². The molecule has 2 aromatic heterocycles. The molecule has 0 spiro atoms. The average Bonchev–Trinajstić information content (AvgIpc) is 3.37. The monoisotopic (exact) mass is 620 g/mol. The Hall–Kier alpha value is -3.05. The molecule has 17 heteroatoms. The number of amides is 2. The average molecular weight is 621 g/mol. The van der Waals surface area contributed by atoms with Crippen molar-refractivity contribution in [1.29, 1.82) is 0 Å². The van der Waals surface area contributed by atoms with Gasteiger partial charge in [0.2, 0.25) is 11.7 Å². The van der Waals surface area contributed by atoms with Gasteiger partial charge in [-0.2, -0.15) is 0 Å². The third-order valence-corrected chi connectivity index (χ3v) is 7.05. The van der Waals surface area contributed by atoms with Crippen LogP contribution in [-0.4, -0.2) is 66.2 Å². The van der Waals surface area contributed by atoms with Crippen LogP contribution in [0.4, 0.5) is 9.18 Å². The zero-order valence-corrected chi connectivity index (χ0v) is 23.2. The molecule has 0 bridgehead atoms. The largest absolute Gasteiger partial charge is 0.446 e. The molecule has 3 rings (SSSR count). The van der Waals surface area contributed by atoms with Gasteiger partial charge in [-0.15, -0.1) is 4.36 Å². The van der Waals surface area contributed by atoms with Crippen LogP contribution < -0.4 is 11.1 Å². The van der Waals surface area contributed by atoms with Crippen molar-refractivity contribution >= 4 is 49.4 Å². The maximum Gasteiger partial charge on any atom is 0.446 e. The molecule has 1 unspecified atom stereocenters. The third kappa shape index (κ3) is 7.96. The molecule has 1 N–H and O–H groups in total. The number of hydrogen-bond acceptors (Lipinski definition) is 11. The van der Waals surface area contributed by atoms with Crippen LogP contribution in [0.5, 0.6) is 0 Å². The second-order valence-corrected chi connectivity index (χ2v) is 12.8. The first-order valence-corrected chi connectivity index (χ1v) is 14.3. The number of benzene rings is 1. The minimum absolute atomic E-state index is 0.0224. The van der Waals surface area contributed by atoms with Crippen LogP contribution in [0.3, 0.4) is 0 Å². The second-order valence-electron chi connectivity index (χ2n) is 8.50. The Bertz CT molecular complexity index is 1490. The Morgan fingerprint density at radius 1 is 1.30 bits per heavy atom. The summed E-state index contributed by atoms with van der Waals surface area (Å²) >= 11 is 4.19. The van der Waals surface area contributed by atoms with Crippen LogP contribution in [-0.2, 0) is 19.3 Å². The minimum Gasteiger partial charge on any atom is -0.442 e. The zero-order valence-electron chi connectivity index (χ0n) is 20.0. The van der Waals surface area contributed by atoms with Gasteiger partial charge in [-0.3, -0.25) is 9.32 Å². The summed E-state index contributed by atoms with van der Waals surface area (Å²) in [5, 5.41) is 14.1. The first kappa shape index (κ1) is 28.5. The topological polar surface area (TPSA) is 172 Å². The van der Waals surface area contributed by atoms with Gasteiger partial charge in [-0.25, -0.2) is 27.4 Å². The van der Waals surface area contributed by atoms with E-state index in [-0.39, 0.29) is 39.0 Å².